The Morgan fingerprint density at radius 1 is 1.19 bits per heavy atom. The second-order valence-electron chi connectivity index (χ2n) is 8.42. The quantitative estimate of drug-likeness (QED) is 0.259. The van der Waals surface area contributed by atoms with Crippen molar-refractivity contribution in [2.24, 2.45) is 0 Å². The van der Waals surface area contributed by atoms with Crippen molar-refractivity contribution < 1.29 is 14.2 Å². The van der Waals surface area contributed by atoms with Crippen LogP contribution < -0.4 is 9.47 Å². The number of fused-ring (bicyclic) bond motifs is 3. The van der Waals surface area contributed by atoms with Crippen LogP contribution in [0.2, 0.25) is 25.7 Å². The number of aromatic nitrogens is 2. The Balaban J connectivity index is 1.81. The summed E-state index contributed by atoms with van der Waals surface area (Å²) in [4.78, 5) is 0. The van der Waals surface area contributed by atoms with Gasteiger partial charge in [0.2, 0.25) is 0 Å². The van der Waals surface area contributed by atoms with Crippen molar-refractivity contribution in [2.45, 2.75) is 44.9 Å². The standard InChI is InChI=1S/C19H27IN2O3Si/c1-19(2)13-10-15(25-11-24-7-8-26(4,5)6)14(23-3)9-12(13)17-16(19)18(20)22-21-17/h9-10H,7-8,11H2,1-6H3,(H,21,22). The molecule has 0 spiro atoms. The third-order valence-corrected chi connectivity index (χ3v) is 7.37. The van der Waals surface area contributed by atoms with Crippen molar-refractivity contribution in [1.29, 1.82) is 0 Å². The van der Waals surface area contributed by atoms with Gasteiger partial charge in [0, 0.05) is 31.2 Å². The topological polar surface area (TPSA) is 56.4 Å². The molecule has 0 bridgehead atoms. The lowest BCUT2D eigenvalue weighted by molar-refractivity contribution is 0.0205. The molecule has 7 heteroatoms. The molecule has 26 heavy (non-hydrogen) atoms. The highest BCUT2D eigenvalue weighted by molar-refractivity contribution is 14.1. The molecule has 142 valence electrons. The normalized spacial score (nSPS) is 14.9. The van der Waals surface area contributed by atoms with Crippen LogP contribution in [0.25, 0.3) is 11.3 Å². The van der Waals surface area contributed by atoms with E-state index < -0.39 is 8.07 Å². The first-order valence-electron chi connectivity index (χ1n) is 8.83. The molecule has 1 N–H and O–H groups in total. The molecule has 0 atom stereocenters. The van der Waals surface area contributed by atoms with Crippen LogP contribution in [0, 0.1) is 3.70 Å². The molecule has 5 nitrogen and oxygen atoms in total. The maximum atomic E-state index is 5.91. The van der Waals surface area contributed by atoms with Crippen LogP contribution in [-0.4, -0.2) is 38.8 Å². The molecule has 2 aromatic rings. The third-order valence-electron chi connectivity index (χ3n) is 4.89. The summed E-state index contributed by atoms with van der Waals surface area (Å²) in [7, 11) is 0.578. The van der Waals surface area contributed by atoms with Crippen LogP contribution >= 0.6 is 22.6 Å². The van der Waals surface area contributed by atoms with Crippen molar-refractivity contribution in [3.63, 3.8) is 0 Å². The molecule has 1 aromatic carbocycles. The van der Waals surface area contributed by atoms with Gasteiger partial charge >= 0.3 is 0 Å². The predicted molar refractivity (Wildman–Crippen MR) is 115 cm³/mol. The van der Waals surface area contributed by atoms with E-state index in [1.807, 2.05) is 6.07 Å². The molecule has 3 rings (SSSR count). The van der Waals surface area contributed by atoms with Gasteiger partial charge in [-0.25, -0.2) is 0 Å². The lowest BCUT2D eigenvalue weighted by Crippen LogP contribution is -2.22. The number of aromatic amines is 1. The summed E-state index contributed by atoms with van der Waals surface area (Å²) in [5.74, 6) is 1.44. The van der Waals surface area contributed by atoms with E-state index in [4.69, 9.17) is 14.2 Å². The molecular weight excluding hydrogens is 459 g/mol. The summed E-state index contributed by atoms with van der Waals surface area (Å²) in [6, 6.07) is 5.25. The second-order valence-corrected chi connectivity index (χ2v) is 15.1. The van der Waals surface area contributed by atoms with Crippen molar-refractivity contribution in [1.82, 2.24) is 10.2 Å². The van der Waals surface area contributed by atoms with Crippen LogP contribution in [0.5, 0.6) is 11.5 Å². The van der Waals surface area contributed by atoms with Gasteiger partial charge in [-0.3, -0.25) is 5.10 Å². The SMILES string of the molecule is COc1cc2c(cc1OCOCC[Si](C)(C)C)C(C)(C)c1c(I)n[nH]c1-2. The summed E-state index contributed by atoms with van der Waals surface area (Å²) < 4.78 is 18.2. The van der Waals surface area contributed by atoms with Crippen LogP contribution in [0.1, 0.15) is 25.0 Å². The van der Waals surface area contributed by atoms with Gasteiger partial charge < -0.3 is 14.2 Å². The molecule has 0 radical (unpaired) electrons. The lowest BCUT2D eigenvalue weighted by atomic mass is 9.83. The molecule has 0 aliphatic heterocycles. The fourth-order valence-electron chi connectivity index (χ4n) is 3.32. The van der Waals surface area contributed by atoms with Gasteiger partial charge in [-0.1, -0.05) is 33.5 Å². The van der Waals surface area contributed by atoms with E-state index in [2.05, 4.69) is 72.3 Å². The Labute approximate surface area is 170 Å². The second kappa shape index (κ2) is 7.16. The minimum Gasteiger partial charge on any atom is -0.493 e. The highest BCUT2D eigenvalue weighted by atomic mass is 127. The average Bonchev–Trinajstić information content (AvgIpc) is 3.04. The molecule has 0 fully saturated rings. The van der Waals surface area contributed by atoms with E-state index in [1.165, 1.54) is 11.1 Å². The molecule has 1 aromatic heterocycles. The predicted octanol–water partition coefficient (Wildman–Crippen LogP) is 5.02. The number of benzene rings is 1. The Hall–Kier alpha value is -1.06. The van der Waals surface area contributed by atoms with Crippen LogP contribution in [0.3, 0.4) is 0 Å². The van der Waals surface area contributed by atoms with E-state index >= 15 is 0 Å². The Kier molecular flexibility index (Phi) is 5.42. The van der Waals surface area contributed by atoms with Crippen LogP contribution in [-0.2, 0) is 10.2 Å². The van der Waals surface area contributed by atoms with Crippen molar-refractivity contribution >= 4 is 30.7 Å². The Bertz CT molecular complexity index is 812. The van der Waals surface area contributed by atoms with E-state index in [0.29, 0.717) is 5.75 Å². The molecule has 1 aliphatic carbocycles. The van der Waals surface area contributed by atoms with Gasteiger partial charge in [-0.15, -0.1) is 0 Å². The van der Waals surface area contributed by atoms with Gasteiger partial charge in [-0.05, 0) is 46.3 Å². The van der Waals surface area contributed by atoms with E-state index in [-0.39, 0.29) is 12.2 Å². The fraction of sp³-hybridized carbons (Fsp3) is 0.526. The summed E-state index contributed by atoms with van der Waals surface area (Å²) in [6.45, 7) is 12.4. The Morgan fingerprint density at radius 3 is 2.58 bits per heavy atom. The average molecular weight is 486 g/mol. The number of nitrogens with zero attached hydrogens (tertiary/aromatic N) is 1. The lowest BCUT2D eigenvalue weighted by Gasteiger charge is -2.22. The highest BCUT2D eigenvalue weighted by Gasteiger charge is 2.40. The number of hydrogen-bond donors (Lipinski definition) is 1. The number of H-pyrrole nitrogens is 1. The van der Waals surface area contributed by atoms with Crippen molar-refractivity contribution in [3.8, 4) is 22.8 Å². The minimum atomic E-state index is -1.09. The number of rotatable bonds is 7. The molecule has 1 heterocycles. The maximum absolute atomic E-state index is 5.91. The summed E-state index contributed by atoms with van der Waals surface area (Å²) in [5, 5.41) is 7.54. The highest BCUT2D eigenvalue weighted by Crippen LogP contribution is 2.52. The monoisotopic (exact) mass is 486 g/mol. The van der Waals surface area contributed by atoms with Crippen molar-refractivity contribution in [2.75, 3.05) is 20.5 Å². The van der Waals surface area contributed by atoms with E-state index in [1.54, 1.807) is 7.11 Å². The first-order chi connectivity index (χ1) is 12.1. The number of nitrogens with one attached hydrogen (secondary N) is 1. The van der Waals surface area contributed by atoms with Gasteiger partial charge in [-0.2, -0.15) is 5.10 Å². The molecule has 1 aliphatic rings. The number of halogens is 1. The molecule has 0 unspecified atom stereocenters. The zero-order valence-corrected chi connectivity index (χ0v) is 19.5. The largest absolute Gasteiger partial charge is 0.493 e. The Morgan fingerprint density at radius 2 is 1.92 bits per heavy atom. The first-order valence-corrected chi connectivity index (χ1v) is 13.6. The molecule has 0 saturated carbocycles. The van der Waals surface area contributed by atoms with E-state index in [0.717, 1.165) is 33.4 Å². The molecular formula is C19H27IN2O3Si. The third kappa shape index (κ3) is 3.66. The molecule has 0 amide bonds. The number of hydrogen-bond acceptors (Lipinski definition) is 4. The van der Waals surface area contributed by atoms with Crippen LogP contribution in [0.15, 0.2) is 12.1 Å². The summed E-state index contributed by atoms with van der Waals surface area (Å²) >= 11 is 2.29. The van der Waals surface area contributed by atoms with Gasteiger partial charge in [0.1, 0.15) is 3.70 Å². The smallest absolute Gasteiger partial charge is 0.189 e. The number of methoxy groups -OCH3 is 1. The van der Waals surface area contributed by atoms with Crippen LogP contribution in [0.4, 0.5) is 0 Å². The fourth-order valence-corrected chi connectivity index (χ4v) is 5.14. The zero-order valence-electron chi connectivity index (χ0n) is 16.3. The van der Waals surface area contributed by atoms with Gasteiger partial charge in [0.25, 0.3) is 0 Å². The maximum Gasteiger partial charge on any atom is 0.189 e. The zero-order chi connectivity index (χ0) is 19.1. The van der Waals surface area contributed by atoms with E-state index in [9.17, 15) is 0 Å². The van der Waals surface area contributed by atoms with Crippen molar-refractivity contribution in [3.05, 3.63) is 27.0 Å². The van der Waals surface area contributed by atoms with Gasteiger partial charge in [0.05, 0.1) is 12.8 Å². The molecule has 0 saturated heterocycles. The summed E-state index contributed by atoms with van der Waals surface area (Å²) in [6.07, 6.45) is 0. The summed E-state index contributed by atoms with van der Waals surface area (Å²) in [5.41, 5.74) is 4.53. The minimum absolute atomic E-state index is 0.128. The first kappa shape index (κ1) is 19.7. The number of ether oxygens (including phenoxy) is 3. The van der Waals surface area contributed by atoms with Gasteiger partial charge in [0.15, 0.2) is 18.3 Å².